The highest BCUT2D eigenvalue weighted by Crippen LogP contribution is 2.45. The van der Waals surface area contributed by atoms with E-state index in [1.807, 2.05) is 6.08 Å². The normalized spacial score (nSPS) is 25.8. The van der Waals surface area contributed by atoms with Gasteiger partial charge in [0.2, 0.25) is 5.91 Å². The number of rotatable bonds is 6. The van der Waals surface area contributed by atoms with Crippen molar-refractivity contribution in [2.24, 2.45) is 16.5 Å². The van der Waals surface area contributed by atoms with Crippen molar-refractivity contribution in [1.29, 1.82) is 0 Å². The lowest BCUT2D eigenvalue weighted by Gasteiger charge is -2.39. The number of benzene rings is 1. The van der Waals surface area contributed by atoms with Crippen molar-refractivity contribution in [3.63, 3.8) is 0 Å². The molecule has 11 heteroatoms. The van der Waals surface area contributed by atoms with Crippen LogP contribution in [0.2, 0.25) is 0 Å². The number of likely N-dealkylation sites (tertiary alicyclic amines) is 1. The first-order valence-electron chi connectivity index (χ1n) is 14.7. The summed E-state index contributed by atoms with van der Waals surface area (Å²) >= 11 is 0. The molecule has 2 fully saturated rings. The number of fused-ring (bicyclic) bond motifs is 1. The Morgan fingerprint density at radius 3 is 2.67 bits per heavy atom. The molecular formula is C31H38F3N3O5. The van der Waals surface area contributed by atoms with Crippen LogP contribution in [0, 0.1) is 11.3 Å². The molecule has 1 saturated heterocycles. The molecule has 1 aromatic carbocycles. The molecule has 0 unspecified atom stereocenters. The van der Waals surface area contributed by atoms with Gasteiger partial charge < -0.3 is 24.5 Å². The third-order valence-electron chi connectivity index (χ3n) is 9.34. The Balaban J connectivity index is 1.25. The molecule has 1 N–H and O–H groups in total. The maximum atomic E-state index is 14.0. The van der Waals surface area contributed by atoms with Crippen LogP contribution < -0.4 is 4.74 Å². The Bertz CT molecular complexity index is 1300. The zero-order valence-electron chi connectivity index (χ0n) is 24.1. The molecular weight excluding hydrogens is 551 g/mol. The minimum absolute atomic E-state index is 0.00891. The second-order valence-electron chi connectivity index (χ2n) is 11.7. The molecule has 1 aromatic rings. The predicted molar refractivity (Wildman–Crippen MR) is 149 cm³/mol. The van der Waals surface area contributed by atoms with E-state index in [0.29, 0.717) is 48.8 Å². The lowest BCUT2D eigenvalue weighted by atomic mass is 9.79. The van der Waals surface area contributed by atoms with Crippen LogP contribution >= 0.6 is 0 Å². The summed E-state index contributed by atoms with van der Waals surface area (Å²) in [6.07, 6.45) is 4.80. The maximum absolute atomic E-state index is 14.0. The van der Waals surface area contributed by atoms with Crippen molar-refractivity contribution >= 4 is 17.6 Å². The van der Waals surface area contributed by atoms with E-state index in [-0.39, 0.29) is 31.2 Å². The van der Waals surface area contributed by atoms with E-state index < -0.39 is 17.2 Å². The molecule has 4 aliphatic rings. The van der Waals surface area contributed by atoms with E-state index in [0.717, 1.165) is 56.5 Å². The van der Waals surface area contributed by atoms with Crippen molar-refractivity contribution < 1.29 is 37.4 Å². The number of alkyl halides is 3. The molecule has 0 spiro atoms. The number of piperidine rings is 1. The lowest BCUT2D eigenvalue weighted by molar-refractivity contribution is -0.143. The number of nitrogens with zero attached hydrogens (tertiary/aromatic N) is 3. The minimum atomic E-state index is -4.50. The van der Waals surface area contributed by atoms with Crippen molar-refractivity contribution in [3.8, 4) is 5.75 Å². The van der Waals surface area contributed by atoms with E-state index in [2.05, 4.69) is 16.1 Å². The van der Waals surface area contributed by atoms with Crippen LogP contribution in [-0.2, 0) is 27.0 Å². The van der Waals surface area contributed by atoms with Gasteiger partial charge >= 0.3 is 12.1 Å². The summed E-state index contributed by atoms with van der Waals surface area (Å²) < 4.78 is 50.8. The maximum Gasteiger partial charge on any atom is 0.416 e. The lowest BCUT2D eigenvalue weighted by Crippen LogP contribution is -2.50. The Kier molecular flexibility index (Phi) is 8.68. The van der Waals surface area contributed by atoms with E-state index >= 15 is 0 Å². The van der Waals surface area contributed by atoms with Crippen molar-refractivity contribution in [2.75, 3.05) is 26.4 Å². The largest absolute Gasteiger partial charge is 0.473 e. The molecule has 0 aromatic heterocycles. The second kappa shape index (κ2) is 12.1. The number of carbonyl (C=O) groups excluding carboxylic acids is 2. The molecule has 5 rings (SSSR count). The van der Waals surface area contributed by atoms with Gasteiger partial charge in [0.25, 0.3) is 0 Å². The quantitative estimate of drug-likeness (QED) is 0.198. The average molecular weight is 590 g/mol. The summed E-state index contributed by atoms with van der Waals surface area (Å²) in [5.74, 6) is 0.156. The SMILES string of the molecule is CCOC(=O)C1=CC(C2CCN([C@@H]3CC[C@@](C(=O)N4COc5ccc(C(F)(F)F)cc5C4)(C(C)=NO)C3)CC2)=CCC1. The number of ether oxygens (including phenoxy) is 2. The molecule has 2 aliphatic carbocycles. The van der Waals surface area contributed by atoms with Gasteiger partial charge in [-0.2, -0.15) is 13.2 Å². The molecule has 1 amide bonds. The third-order valence-corrected chi connectivity index (χ3v) is 9.34. The van der Waals surface area contributed by atoms with Crippen molar-refractivity contribution in [1.82, 2.24) is 9.80 Å². The fourth-order valence-corrected chi connectivity index (χ4v) is 6.95. The first kappa shape index (κ1) is 30.1. The van der Waals surface area contributed by atoms with Gasteiger partial charge in [-0.3, -0.25) is 4.79 Å². The number of carbonyl (C=O) groups is 2. The highest BCUT2D eigenvalue weighted by atomic mass is 19.4. The Labute approximate surface area is 243 Å². The van der Waals surface area contributed by atoms with Crippen molar-refractivity contribution in [2.45, 2.75) is 77.6 Å². The standard InChI is InChI=1S/C31H38F3N3O5/c1-3-41-28(38)23-6-4-5-22(15-23)21-10-13-36(14-11-21)26-9-12-30(17-26,20(2)35-40)29(39)37-18-24-16-25(31(32,33)34)7-8-27(24)42-19-37/h5,7-8,15-16,21,26,40H,3-4,6,9-14,17-19H2,1-2H3/t26-,30+/m1/s1. The Hall–Kier alpha value is -3.34. The average Bonchev–Trinajstić information content (AvgIpc) is 3.46. The molecule has 8 nitrogen and oxygen atoms in total. The van der Waals surface area contributed by atoms with Gasteiger partial charge in [-0.1, -0.05) is 11.2 Å². The van der Waals surface area contributed by atoms with E-state index in [1.165, 1.54) is 16.5 Å². The Morgan fingerprint density at radius 1 is 1.21 bits per heavy atom. The molecule has 228 valence electrons. The van der Waals surface area contributed by atoms with Gasteiger partial charge in [-0.05, 0) is 108 Å². The van der Waals surface area contributed by atoms with Crippen molar-refractivity contribution in [3.05, 3.63) is 52.6 Å². The number of esters is 1. The van der Waals surface area contributed by atoms with Gasteiger partial charge in [0, 0.05) is 17.2 Å². The molecule has 1 saturated carbocycles. The van der Waals surface area contributed by atoms with Crippen LogP contribution in [-0.4, -0.2) is 65.1 Å². The zero-order chi connectivity index (χ0) is 30.1. The first-order valence-corrected chi connectivity index (χ1v) is 14.7. The topological polar surface area (TPSA) is 91.7 Å². The molecule has 2 atom stereocenters. The highest BCUT2D eigenvalue weighted by Gasteiger charge is 2.52. The first-order chi connectivity index (χ1) is 20.1. The number of allylic oxidation sites excluding steroid dienone is 3. The number of hydrogen-bond donors (Lipinski definition) is 1. The van der Waals surface area contributed by atoms with Gasteiger partial charge in [0.1, 0.15) is 5.75 Å². The summed E-state index contributed by atoms with van der Waals surface area (Å²) in [6.45, 7) is 5.39. The van der Waals surface area contributed by atoms with Crippen LogP contribution in [0.25, 0.3) is 0 Å². The number of hydrogen-bond acceptors (Lipinski definition) is 7. The fourth-order valence-electron chi connectivity index (χ4n) is 6.95. The van der Waals surface area contributed by atoms with Gasteiger partial charge in [0.15, 0.2) is 6.73 Å². The third kappa shape index (κ3) is 5.93. The molecule has 0 radical (unpaired) electrons. The monoisotopic (exact) mass is 589 g/mol. The molecule has 0 bridgehead atoms. The molecule has 2 heterocycles. The van der Waals surface area contributed by atoms with Gasteiger partial charge in [-0.15, -0.1) is 0 Å². The van der Waals surface area contributed by atoms with Gasteiger partial charge in [-0.25, -0.2) is 4.79 Å². The number of amides is 1. The summed E-state index contributed by atoms with van der Waals surface area (Å²) in [5.41, 5.74) is 0.691. The van der Waals surface area contributed by atoms with Crippen LogP contribution in [0.1, 0.15) is 69.9 Å². The van der Waals surface area contributed by atoms with E-state index in [4.69, 9.17) is 9.47 Å². The van der Waals surface area contributed by atoms with Crippen LogP contribution in [0.4, 0.5) is 13.2 Å². The highest BCUT2D eigenvalue weighted by molar-refractivity contribution is 6.07. The molecule has 42 heavy (non-hydrogen) atoms. The predicted octanol–water partition coefficient (Wildman–Crippen LogP) is 5.69. The van der Waals surface area contributed by atoms with E-state index in [1.54, 1.807) is 13.8 Å². The molecule has 2 aliphatic heterocycles. The Morgan fingerprint density at radius 2 is 1.98 bits per heavy atom. The van der Waals surface area contributed by atoms with Crippen LogP contribution in [0.3, 0.4) is 0 Å². The minimum Gasteiger partial charge on any atom is -0.473 e. The summed E-state index contributed by atoms with van der Waals surface area (Å²) in [4.78, 5) is 30.1. The smallest absolute Gasteiger partial charge is 0.416 e. The van der Waals surface area contributed by atoms with Crippen LogP contribution in [0.15, 0.2) is 46.7 Å². The summed E-state index contributed by atoms with van der Waals surface area (Å²) in [6, 6.07) is 3.41. The number of halogens is 3. The zero-order valence-corrected chi connectivity index (χ0v) is 24.1. The van der Waals surface area contributed by atoms with Crippen LogP contribution in [0.5, 0.6) is 5.75 Å². The van der Waals surface area contributed by atoms with E-state index in [9.17, 15) is 28.0 Å². The fraction of sp³-hybridized carbons (Fsp3) is 0.581. The second-order valence-corrected chi connectivity index (χ2v) is 11.7. The summed E-state index contributed by atoms with van der Waals surface area (Å²) in [7, 11) is 0. The van der Waals surface area contributed by atoms with Gasteiger partial charge in [0.05, 0.1) is 29.8 Å². The number of oxime groups is 1. The summed E-state index contributed by atoms with van der Waals surface area (Å²) in [5, 5.41) is 13.2.